The van der Waals surface area contributed by atoms with Gasteiger partial charge in [-0.25, -0.2) is 0 Å². The summed E-state index contributed by atoms with van der Waals surface area (Å²) in [4.78, 5) is 5.02. The van der Waals surface area contributed by atoms with Gasteiger partial charge in [-0.15, -0.1) is 0 Å². The molecule has 3 heteroatoms. The monoisotopic (exact) mass is 267 g/mol. The van der Waals surface area contributed by atoms with E-state index in [-0.39, 0.29) is 0 Å². The molecule has 0 amide bonds. The Kier molecular flexibility index (Phi) is 5.27. The quantitative estimate of drug-likeness (QED) is 0.827. The van der Waals surface area contributed by atoms with Gasteiger partial charge in [-0.1, -0.05) is 19.8 Å². The molecule has 1 aliphatic heterocycles. The molecule has 1 heterocycles. The van der Waals surface area contributed by atoms with Crippen molar-refractivity contribution in [2.75, 3.05) is 46.8 Å². The van der Waals surface area contributed by atoms with E-state index >= 15 is 0 Å². The predicted molar refractivity (Wildman–Crippen MR) is 82.2 cm³/mol. The molecule has 1 aliphatic carbocycles. The molecule has 2 rings (SSSR count). The van der Waals surface area contributed by atoms with Crippen LogP contribution in [0.15, 0.2) is 0 Å². The van der Waals surface area contributed by atoms with Crippen LogP contribution < -0.4 is 5.73 Å². The number of rotatable bonds is 5. The van der Waals surface area contributed by atoms with Crippen LogP contribution >= 0.6 is 0 Å². The summed E-state index contributed by atoms with van der Waals surface area (Å²) >= 11 is 0. The molecule has 2 aliphatic rings. The van der Waals surface area contributed by atoms with Crippen molar-refractivity contribution in [3.63, 3.8) is 0 Å². The largest absolute Gasteiger partial charge is 0.330 e. The zero-order valence-electron chi connectivity index (χ0n) is 13.2. The van der Waals surface area contributed by atoms with Crippen molar-refractivity contribution in [2.24, 2.45) is 23.0 Å². The first kappa shape index (κ1) is 15.3. The highest BCUT2D eigenvalue weighted by Crippen LogP contribution is 2.39. The molecule has 3 atom stereocenters. The third-order valence-corrected chi connectivity index (χ3v) is 5.28. The molecule has 0 spiro atoms. The maximum Gasteiger partial charge on any atom is 0.00472 e. The number of nitrogens with zero attached hydrogens (tertiary/aromatic N) is 2. The average Bonchev–Trinajstić information content (AvgIpc) is 2.74. The molecule has 0 aromatic carbocycles. The van der Waals surface area contributed by atoms with Gasteiger partial charge in [0, 0.05) is 19.6 Å². The lowest BCUT2D eigenvalue weighted by Crippen LogP contribution is -2.45. The standard InChI is InChI=1S/C16H33N3/c1-14-5-4-7-16(9-14,12-17)13-19(3)11-15-6-8-18(2)10-15/h14-15H,4-13,17H2,1-3H3. The zero-order valence-corrected chi connectivity index (χ0v) is 13.2. The van der Waals surface area contributed by atoms with Gasteiger partial charge in [-0.05, 0) is 63.7 Å². The number of likely N-dealkylation sites (tertiary alicyclic amines) is 1. The molecular weight excluding hydrogens is 234 g/mol. The van der Waals surface area contributed by atoms with Crippen molar-refractivity contribution in [1.29, 1.82) is 0 Å². The molecule has 2 fully saturated rings. The summed E-state index contributed by atoms with van der Waals surface area (Å²) in [5.41, 5.74) is 6.54. The summed E-state index contributed by atoms with van der Waals surface area (Å²) < 4.78 is 0. The van der Waals surface area contributed by atoms with E-state index in [4.69, 9.17) is 5.73 Å². The minimum atomic E-state index is 0.400. The Bertz CT molecular complexity index is 281. The van der Waals surface area contributed by atoms with E-state index in [9.17, 15) is 0 Å². The van der Waals surface area contributed by atoms with E-state index in [2.05, 4.69) is 30.8 Å². The fourth-order valence-electron chi connectivity index (χ4n) is 4.42. The van der Waals surface area contributed by atoms with Gasteiger partial charge in [0.2, 0.25) is 0 Å². The van der Waals surface area contributed by atoms with Gasteiger partial charge in [0.15, 0.2) is 0 Å². The molecule has 3 unspecified atom stereocenters. The Morgan fingerprint density at radius 2 is 2.16 bits per heavy atom. The van der Waals surface area contributed by atoms with Gasteiger partial charge < -0.3 is 15.5 Å². The first-order valence-electron chi connectivity index (χ1n) is 8.10. The minimum absolute atomic E-state index is 0.400. The number of hydrogen-bond acceptors (Lipinski definition) is 3. The third kappa shape index (κ3) is 4.17. The van der Waals surface area contributed by atoms with Crippen LogP contribution in [-0.2, 0) is 0 Å². The number of nitrogens with two attached hydrogens (primary N) is 1. The van der Waals surface area contributed by atoms with Gasteiger partial charge in [-0.3, -0.25) is 0 Å². The second-order valence-corrected chi connectivity index (χ2v) is 7.52. The summed E-state index contributed by atoms with van der Waals surface area (Å²) in [6.45, 7) is 8.27. The molecule has 112 valence electrons. The Balaban J connectivity index is 1.83. The second kappa shape index (κ2) is 6.55. The van der Waals surface area contributed by atoms with Gasteiger partial charge in [0.05, 0.1) is 0 Å². The van der Waals surface area contributed by atoms with Crippen molar-refractivity contribution in [3.05, 3.63) is 0 Å². The lowest BCUT2D eigenvalue weighted by atomic mass is 9.69. The third-order valence-electron chi connectivity index (χ3n) is 5.28. The van der Waals surface area contributed by atoms with Crippen molar-refractivity contribution >= 4 is 0 Å². The van der Waals surface area contributed by atoms with E-state index in [0.29, 0.717) is 5.41 Å². The normalized spacial score (nSPS) is 37.1. The van der Waals surface area contributed by atoms with Gasteiger partial charge >= 0.3 is 0 Å². The van der Waals surface area contributed by atoms with Crippen LogP contribution in [0.3, 0.4) is 0 Å². The molecule has 3 nitrogen and oxygen atoms in total. The fourth-order valence-corrected chi connectivity index (χ4v) is 4.42. The topological polar surface area (TPSA) is 32.5 Å². The van der Waals surface area contributed by atoms with E-state index in [1.807, 2.05) is 0 Å². The molecule has 1 saturated carbocycles. The molecule has 19 heavy (non-hydrogen) atoms. The first-order valence-corrected chi connectivity index (χ1v) is 8.10. The SMILES string of the molecule is CC1CCCC(CN)(CN(C)CC2CCN(C)C2)C1. The Morgan fingerprint density at radius 1 is 1.37 bits per heavy atom. The maximum absolute atomic E-state index is 6.14. The smallest absolute Gasteiger partial charge is 0.00472 e. The molecule has 0 aromatic heterocycles. The molecule has 0 aromatic rings. The van der Waals surface area contributed by atoms with Crippen molar-refractivity contribution < 1.29 is 0 Å². The Labute approximate surface area is 119 Å². The van der Waals surface area contributed by atoms with Gasteiger partial charge in [0.1, 0.15) is 0 Å². The highest BCUT2D eigenvalue weighted by molar-refractivity contribution is 4.89. The molecule has 0 radical (unpaired) electrons. The zero-order chi connectivity index (χ0) is 13.9. The van der Waals surface area contributed by atoms with Crippen LogP contribution in [0.5, 0.6) is 0 Å². The van der Waals surface area contributed by atoms with Crippen LogP contribution in [0.4, 0.5) is 0 Å². The van der Waals surface area contributed by atoms with E-state index in [0.717, 1.165) is 18.4 Å². The average molecular weight is 267 g/mol. The molecule has 1 saturated heterocycles. The van der Waals surface area contributed by atoms with Crippen LogP contribution in [0, 0.1) is 17.3 Å². The summed E-state index contributed by atoms with van der Waals surface area (Å²) in [5.74, 6) is 1.73. The summed E-state index contributed by atoms with van der Waals surface area (Å²) in [6, 6.07) is 0. The van der Waals surface area contributed by atoms with Crippen LogP contribution in [-0.4, -0.2) is 56.6 Å². The highest BCUT2D eigenvalue weighted by Gasteiger charge is 2.35. The maximum atomic E-state index is 6.14. The molecule has 0 bridgehead atoms. The van der Waals surface area contributed by atoms with Gasteiger partial charge in [-0.2, -0.15) is 0 Å². The summed E-state index contributed by atoms with van der Waals surface area (Å²) in [5, 5.41) is 0. The second-order valence-electron chi connectivity index (χ2n) is 7.52. The Hall–Kier alpha value is -0.120. The minimum Gasteiger partial charge on any atom is -0.330 e. The molecular formula is C16H33N3. The first-order chi connectivity index (χ1) is 9.03. The van der Waals surface area contributed by atoms with E-state index < -0.39 is 0 Å². The van der Waals surface area contributed by atoms with Crippen molar-refractivity contribution in [3.8, 4) is 0 Å². The van der Waals surface area contributed by atoms with Crippen LogP contribution in [0.25, 0.3) is 0 Å². The number of hydrogen-bond donors (Lipinski definition) is 1. The fraction of sp³-hybridized carbons (Fsp3) is 1.00. The molecule has 2 N–H and O–H groups in total. The summed E-state index contributed by atoms with van der Waals surface area (Å²) in [6.07, 6.45) is 6.81. The summed E-state index contributed by atoms with van der Waals surface area (Å²) in [7, 11) is 4.54. The van der Waals surface area contributed by atoms with Crippen LogP contribution in [0.2, 0.25) is 0 Å². The predicted octanol–water partition coefficient (Wildman–Crippen LogP) is 2.03. The van der Waals surface area contributed by atoms with Crippen molar-refractivity contribution in [2.45, 2.75) is 39.0 Å². The van der Waals surface area contributed by atoms with Crippen LogP contribution in [0.1, 0.15) is 39.0 Å². The lowest BCUT2D eigenvalue weighted by molar-refractivity contribution is 0.0940. The highest BCUT2D eigenvalue weighted by atomic mass is 15.2. The van der Waals surface area contributed by atoms with Crippen molar-refractivity contribution in [1.82, 2.24) is 9.80 Å². The van der Waals surface area contributed by atoms with E-state index in [1.165, 1.54) is 58.3 Å². The lowest BCUT2D eigenvalue weighted by Gasteiger charge is -2.42. The Morgan fingerprint density at radius 3 is 2.74 bits per heavy atom. The van der Waals surface area contributed by atoms with Gasteiger partial charge in [0.25, 0.3) is 0 Å². The van der Waals surface area contributed by atoms with E-state index in [1.54, 1.807) is 0 Å².